The maximum Gasteiger partial charge on any atom is 0.0488 e. The van der Waals surface area contributed by atoms with E-state index in [1.165, 1.54) is 5.56 Å². The summed E-state index contributed by atoms with van der Waals surface area (Å²) in [5, 5.41) is 0. The van der Waals surface area contributed by atoms with Gasteiger partial charge in [-0.25, -0.2) is 0 Å². The Morgan fingerprint density at radius 3 is 2.64 bits per heavy atom. The third-order valence-corrected chi connectivity index (χ3v) is 3.56. The standard InChI is InChI=1S/C11H17NOS/c1-9-5-3-4-6-11(9)8-14(13)7-10(2)12/h3-6,10H,7-8,12H2,1-2H3. The second-order valence-corrected chi connectivity index (χ2v) is 5.16. The van der Waals surface area contributed by atoms with Crippen molar-refractivity contribution < 1.29 is 4.21 Å². The van der Waals surface area contributed by atoms with Gasteiger partial charge in [0.2, 0.25) is 0 Å². The van der Waals surface area contributed by atoms with Crippen LogP contribution in [-0.2, 0) is 16.6 Å². The van der Waals surface area contributed by atoms with E-state index in [4.69, 9.17) is 5.73 Å². The maximum absolute atomic E-state index is 11.6. The van der Waals surface area contributed by atoms with Gasteiger partial charge in [0.1, 0.15) is 0 Å². The lowest BCUT2D eigenvalue weighted by molar-refractivity contribution is 0.676. The molecule has 2 nitrogen and oxygen atoms in total. The largest absolute Gasteiger partial charge is 0.327 e. The molecule has 0 aromatic heterocycles. The molecule has 3 heteroatoms. The van der Waals surface area contributed by atoms with Crippen molar-refractivity contribution in [2.24, 2.45) is 5.73 Å². The fourth-order valence-corrected chi connectivity index (χ4v) is 2.67. The summed E-state index contributed by atoms with van der Waals surface area (Å²) in [6.07, 6.45) is 0. The Morgan fingerprint density at radius 1 is 1.43 bits per heavy atom. The van der Waals surface area contributed by atoms with Crippen LogP contribution in [0.15, 0.2) is 24.3 Å². The highest BCUT2D eigenvalue weighted by atomic mass is 32.2. The number of hydrogen-bond donors (Lipinski definition) is 1. The molecule has 0 amide bonds. The average molecular weight is 211 g/mol. The molecule has 78 valence electrons. The minimum absolute atomic E-state index is 0.0138. The Hall–Kier alpha value is -0.670. The molecule has 0 saturated heterocycles. The second kappa shape index (κ2) is 5.27. The Bertz CT molecular complexity index is 323. The third-order valence-electron chi connectivity index (χ3n) is 2.03. The lowest BCUT2D eigenvalue weighted by Crippen LogP contribution is -2.23. The summed E-state index contributed by atoms with van der Waals surface area (Å²) >= 11 is 0. The Balaban J connectivity index is 2.61. The van der Waals surface area contributed by atoms with E-state index in [1.807, 2.05) is 38.1 Å². The molecule has 0 aliphatic carbocycles. The van der Waals surface area contributed by atoms with Crippen molar-refractivity contribution in [3.63, 3.8) is 0 Å². The van der Waals surface area contributed by atoms with Crippen molar-refractivity contribution in [3.8, 4) is 0 Å². The van der Waals surface area contributed by atoms with Gasteiger partial charge >= 0.3 is 0 Å². The summed E-state index contributed by atoms with van der Waals surface area (Å²) < 4.78 is 11.6. The van der Waals surface area contributed by atoms with E-state index < -0.39 is 10.8 Å². The lowest BCUT2D eigenvalue weighted by atomic mass is 10.1. The van der Waals surface area contributed by atoms with Crippen molar-refractivity contribution in [2.45, 2.75) is 25.6 Å². The van der Waals surface area contributed by atoms with E-state index in [2.05, 4.69) is 0 Å². The van der Waals surface area contributed by atoms with Crippen molar-refractivity contribution in [1.82, 2.24) is 0 Å². The van der Waals surface area contributed by atoms with Crippen LogP contribution in [0.5, 0.6) is 0 Å². The Morgan fingerprint density at radius 2 is 2.07 bits per heavy atom. The lowest BCUT2D eigenvalue weighted by Gasteiger charge is -2.07. The van der Waals surface area contributed by atoms with Gasteiger partial charge in [0, 0.05) is 28.3 Å². The SMILES string of the molecule is Cc1ccccc1CS(=O)CC(C)N. The molecule has 2 N–H and O–H groups in total. The number of hydrogen-bond acceptors (Lipinski definition) is 2. The van der Waals surface area contributed by atoms with Gasteiger partial charge in [-0.15, -0.1) is 0 Å². The molecule has 2 unspecified atom stereocenters. The molecule has 0 saturated carbocycles. The Labute approximate surface area is 88.0 Å². The average Bonchev–Trinajstić information content (AvgIpc) is 2.07. The maximum atomic E-state index is 11.6. The summed E-state index contributed by atoms with van der Waals surface area (Å²) in [7, 11) is -0.836. The van der Waals surface area contributed by atoms with Crippen LogP contribution in [0.25, 0.3) is 0 Å². The van der Waals surface area contributed by atoms with Crippen LogP contribution < -0.4 is 5.73 Å². The fraction of sp³-hybridized carbons (Fsp3) is 0.455. The molecule has 0 spiro atoms. The minimum atomic E-state index is -0.836. The van der Waals surface area contributed by atoms with Crippen molar-refractivity contribution in [3.05, 3.63) is 35.4 Å². The van der Waals surface area contributed by atoms with E-state index in [9.17, 15) is 4.21 Å². The molecule has 0 heterocycles. The van der Waals surface area contributed by atoms with Crippen LogP contribution in [0.4, 0.5) is 0 Å². The Kier molecular flexibility index (Phi) is 4.29. The highest BCUT2D eigenvalue weighted by Crippen LogP contribution is 2.09. The second-order valence-electron chi connectivity index (χ2n) is 3.65. The minimum Gasteiger partial charge on any atom is -0.327 e. The van der Waals surface area contributed by atoms with E-state index in [0.717, 1.165) is 5.56 Å². The highest BCUT2D eigenvalue weighted by Gasteiger charge is 2.05. The van der Waals surface area contributed by atoms with Crippen molar-refractivity contribution in [1.29, 1.82) is 0 Å². The van der Waals surface area contributed by atoms with E-state index in [1.54, 1.807) is 0 Å². The monoisotopic (exact) mass is 211 g/mol. The molecule has 2 atom stereocenters. The van der Waals surface area contributed by atoms with Crippen LogP contribution in [-0.4, -0.2) is 16.0 Å². The number of aryl methyl sites for hydroxylation is 1. The first kappa shape index (κ1) is 11.4. The van der Waals surface area contributed by atoms with Crippen LogP contribution in [0.1, 0.15) is 18.1 Å². The third kappa shape index (κ3) is 3.60. The molecule has 1 aromatic carbocycles. The van der Waals surface area contributed by atoms with Gasteiger partial charge in [-0.05, 0) is 25.0 Å². The zero-order valence-electron chi connectivity index (χ0n) is 8.69. The summed E-state index contributed by atoms with van der Waals surface area (Å²) in [6, 6.07) is 8.05. The molecular formula is C11H17NOS. The highest BCUT2D eigenvalue weighted by molar-refractivity contribution is 7.84. The molecule has 0 fully saturated rings. The summed E-state index contributed by atoms with van der Waals surface area (Å²) in [4.78, 5) is 0. The normalized spacial score (nSPS) is 15.1. The van der Waals surface area contributed by atoms with Crippen LogP contribution >= 0.6 is 0 Å². The predicted molar refractivity (Wildman–Crippen MR) is 61.5 cm³/mol. The molecule has 1 aromatic rings. The van der Waals surface area contributed by atoms with Gasteiger partial charge in [0.05, 0.1) is 0 Å². The van der Waals surface area contributed by atoms with Crippen LogP contribution in [0.3, 0.4) is 0 Å². The summed E-state index contributed by atoms with van der Waals surface area (Å²) in [6.45, 7) is 3.92. The first-order valence-corrected chi connectivity index (χ1v) is 6.23. The molecule has 14 heavy (non-hydrogen) atoms. The zero-order valence-corrected chi connectivity index (χ0v) is 9.51. The van der Waals surface area contributed by atoms with E-state index in [-0.39, 0.29) is 6.04 Å². The predicted octanol–water partition coefficient (Wildman–Crippen LogP) is 1.59. The van der Waals surface area contributed by atoms with Crippen LogP contribution in [0.2, 0.25) is 0 Å². The summed E-state index contributed by atoms with van der Waals surface area (Å²) in [5.74, 6) is 1.20. The van der Waals surface area contributed by atoms with Gasteiger partial charge in [-0.2, -0.15) is 0 Å². The van der Waals surface area contributed by atoms with Crippen LogP contribution in [0, 0.1) is 6.92 Å². The number of benzene rings is 1. The molecule has 0 aliphatic heterocycles. The molecule has 0 bridgehead atoms. The molecular weight excluding hydrogens is 194 g/mol. The summed E-state index contributed by atoms with van der Waals surface area (Å²) in [5.41, 5.74) is 7.95. The molecule has 0 aliphatic rings. The fourth-order valence-electron chi connectivity index (χ4n) is 1.30. The van der Waals surface area contributed by atoms with Crippen molar-refractivity contribution in [2.75, 3.05) is 5.75 Å². The van der Waals surface area contributed by atoms with Gasteiger partial charge < -0.3 is 5.73 Å². The van der Waals surface area contributed by atoms with Gasteiger partial charge in [-0.3, -0.25) is 4.21 Å². The number of nitrogens with two attached hydrogens (primary N) is 1. The van der Waals surface area contributed by atoms with E-state index >= 15 is 0 Å². The zero-order chi connectivity index (χ0) is 10.6. The van der Waals surface area contributed by atoms with Gasteiger partial charge in [-0.1, -0.05) is 24.3 Å². The van der Waals surface area contributed by atoms with Gasteiger partial charge in [0.15, 0.2) is 0 Å². The van der Waals surface area contributed by atoms with Gasteiger partial charge in [0.25, 0.3) is 0 Å². The van der Waals surface area contributed by atoms with Crippen molar-refractivity contribution >= 4 is 10.8 Å². The molecule has 0 radical (unpaired) electrons. The first-order valence-electron chi connectivity index (χ1n) is 4.74. The topological polar surface area (TPSA) is 43.1 Å². The number of rotatable bonds is 4. The quantitative estimate of drug-likeness (QED) is 0.822. The first-order chi connectivity index (χ1) is 6.59. The molecule has 1 rings (SSSR count). The smallest absolute Gasteiger partial charge is 0.0488 e. The van der Waals surface area contributed by atoms with E-state index in [0.29, 0.717) is 11.5 Å².